The van der Waals surface area contributed by atoms with Gasteiger partial charge in [0.05, 0.1) is 26.4 Å². The van der Waals surface area contributed by atoms with Crippen LogP contribution in [-0.2, 0) is 14.2 Å². The highest BCUT2D eigenvalue weighted by Gasteiger charge is 1.84. The van der Waals surface area contributed by atoms with Crippen LogP contribution in [0, 0.1) is 6.92 Å². The Kier molecular flexibility index (Phi) is 21.1. The SMILES string of the molecule is COCCOCCOC.[CH2]CCC. The van der Waals surface area contributed by atoms with Gasteiger partial charge in [0.1, 0.15) is 0 Å². The van der Waals surface area contributed by atoms with Gasteiger partial charge in [-0.15, -0.1) is 0 Å². The van der Waals surface area contributed by atoms with Crippen LogP contribution in [0.2, 0.25) is 0 Å². The molecule has 0 unspecified atom stereocenters. The Bertz CT molecular complexity index is 59.2. The van der Waals surface area contributed by atoms with Crippen LogP contribution in [0.15, 0.2) is 0 Å². The highest BCUT2D eigenvalue weighted by molar-refractivity contribution is 4.29. The molecule has 1 radical (unpaired) electrons. The van der Waals surface area contributed by atoms with E-state index in [0.29, 0.717) is 26.4 Å². The van der Waals surface area contributed by atoms with Gasteiger partial charge in [-0.3, -0.25) is 0 Å². The number of rotatable bonds is 7. The third-order valence-corrected chi connectivity index (χ3v) is 1.22. The van der Waals surface area contributed by atoms with Crippen molar-refractivity contribution in [2.75, 3.05) is 40.6 Å². The topological polar surface area (TPSA) is 27.7 Å². The molecule has 3 heteroatoms. The Morgan fingerprint density at radius 1 is 0.923 bits per heavy atom. The summed E-state index contributed by atoms with van der Waals surface area (Å²) in [4.78, 5) is 0. The van der Waals surface area contributed by atoms with E-state index in [2.05, 4.69) is 13.8 Å². The minimum atomic E-state index is 0.653. The Labute approximate surface area is 82.4 Å². The first-order valence-corrected chi connectivity index (χ1v) is 4.68. The van der Waals surface area contributed by atoms with Crippen molar-refractivity contribution in [3.05, 3.63) is 6.92 Å². The first kappa shape index (κ1) is 15.4. The molecule has 0 aliphatic heterocycles. The monoisotopic (exact) mass is 191 g/mol. The van der Waals surface area contributed by atoms with Crippen molar-refractivity contribution in [2.45, 2.75) is 19.8 Å². The van der Waals surface area contributed by atoms with E-state index >= 15 is 0 Å². The van der Waals surface area contributed by atoms with Crippen molar-refractivity contribution < 1.29 is 14.2 Å². The Hall–Kier alpha value is -0.120. The number of ether oxygens (including phenoxy) is 3. The van der Waals surface area contributed by atoms with Gasteiger partial charge in [-0.2, -0.15) is 0 Å². The molecule has 13 heavy (non-hydrogen) atoms. The number of methoxy groups -OCH3 is 2. The third-order valence-electron chi connectivity index (χ3n) is 1.22. The fourth-order valence-corrected chi connectivity index (χ4v) is 0.387. The predicted molar refractivity (Wildman–Crippen MR) is 54.8 cm³/mol. The smallest absolute Gasteiger partial charge is 0.0701 e. The van der Waals surface area contributed by atoms with Crippen molar-refractivity contribution >= 4 is 0 Å². The van der Waals surface area contributed by atoms with E-state index in [1.54, 1.807) is 14.2 Å². The first-order chi connectivity index (χ1) is 6.33. The lowest BCUT2D eigenvalue weighted by molar-refractivity contribution is 0.0385. The standard InChI is InChI=1S/C6H14O3.C4H9/c1-7-3-5-9-6-4-8-2;1-3-4-2/h3-6H2,1-2H3;1,3-4H2,2H3. The van der Waals surface area contributed by atoms with Crippen LogP contribution in [0.25, 0.3) is 0 Å². The molecule has 0 aromatic heterocycles. The Balaban J connectivity index is 0. The van der Waals surface area contributed by atoms with Crippen molar-refractivity contribution in [2.24, 2.45) is 0 Å². The fraction of sp³-hybridized carbons (Fsp3) is 0.900. The van der Waals surface area contributed by atoms with Crippen LogP contribution in [-0.4, -0.2) is 40.6 Å². The molecule has 0 N–H and O–H groups in total. The predicted octanol–water partition coefficient (Wildman–Crippen LogP) is 1.92. The zero-order valence-electron chi connectivity index (χ0n) is 9.17. The van der Waals surface area contributed by atoms with Gasteiger partial charge in [0.15, 0.2) is 0 Å². The van der Waals surface area contributed by atoms with Crippen molar-refractivity contribution in [3.63, 3.8) is 0 Å². The van der Waals surface area contributed by atoms with Crippen LogP contribution < -0.4 is 0 Å². The quantitative estimate of drug-likeness (QED) is 0.575. The molecule has 0 heterocycles. The lowest BCUT2D eigenvalue weighted by Gasteiger charge is -2.00. The maximum absolute atomic E-state index is 5.06. The van der Waals surface area contributed by atoms with Crippen LogP contribution in [0.3, 0.4) is 0 Å². The summed E-state index contributed by atoms with van der Waals surface area (Å²) in [6, 6.07) is 0. The summed E-state index contributed by atoms with van der Waals surface area (Å²) in [5.74, 6) is 0. The zero-order valence-corrected chi connectivity index (χ0v) is 9.17. The molecule has 0 amide bonds. The number of hydrogen-bond donors (Lipinski definition) is 0. The van der Waals surface area contributed by atoms with Crippen molar-refractivity contribution in [1.29, 1.82) is 0 Å². The summed E-state index contributed by atoms with van der Waals surface area (Å²) in [6.45, 7) is 8.34. The van der Waals surface area contributed by atoms with E-state index in [1.807, 2.05) is 0 Å². The third kappa shape index (κ3) is 24.5. The van der Waals surface area contributed by atoms with Gasteiger partial charge in [0, 0.05) is 14.2 Å². The summed E-state index contributed by atoms with van der Waals surface area (Å²) in [5, 5.41) is 0. The summed E-state index contributed by atoms with van der Waals surface area (Å²) in [6.07, 6.45) is 2.28. The molecule has 81 valence electrons. The van der Waals surface area contributed by atoms with E-state index in [9.17, 15) is 0 Å². The highest BCUT2D eigenvalue weighted by Crippen LogP contribution is 1.76. The molecule has 0 bridgehead atoms. The lowest BCUT2D eigenvalue weighted by Crippen LogP contribution is -2.06. The van der Waals surface area contributed by atoms with Gasteiger partial charge in [0.25, 0.3) is 0 Å². The van der Waals surface area contributed by atoms with Crippen LogP contribution in [0.4, 0.5) is 0 Å². The van der Waals surface area contributed by atoms with Gasteiger partial charge in [-0.05, 0) is 0 Å². The molecule has 0 fully saturated rings. The zero-order chi connectivity index (χ0) is 10.4. The molecule has 0 aliphatic rings. The van der Waals surface area contributed by atoms with Crippen LogP contribution >= 0.6 is 0 Å². The van der Waals surface area contributed by atoms with Gasteiger partial charge in [-0.25, -0.2) is 0 Å². The summed E-state index contributed by atoms with van der Waals surface area (Å²) in [7, 11) is 3.30. The fourth-order valence-electron chi connectivity index (χ4n) is 0.387. The molecule has 0 aromatic rings. The Morgan fingerprint density at radius 3 is 1.54 bits per heavy atom. The van der Waals surface area contributed by atoms with Crippen LogP contribution in [0.5, 0.6) is 0 Å². The lowest BCUT2D eigenvalue weighted by atomic mass is 10.4. The second-order valence-electron chi connectivity index (χ2n) is 2.45. The van der Waals surface area contributed by atoms with E-state index < -0.39 is 0 Å². The highest BCUT2D eigenvalue weighted by atomic mass is 16.5. The van der Waals surface area contributed by atoms with E-state index in [4.69, 9.17) is 14.2 Å². The second kappa shape index (κ2) is 17.8. The molecular formula is C10H23O3. The average Bonchev–Trinajstić information content (AvgIpc) is 2.18. The molecule has 0 aromatic carbocycles. The van der Waals surface area contributed by atoms with Crippen molar-refractivity contribution in [3.8, 4) is 0 Å². The van der Waals surface area contributed by atoms with E-state index in [0.717, 1.165) is 6.42 Å². The molecule has 3 nitrogen and oxygen atoms in total. The minimum Gasteiger partial charge on any atom is -0.382 e. The molecule has 0 atom stereocenters. The van der Waals surface area contributed by atoms with E-state index in [1.165, 1.54) is 6.42 Å². The van der Waals surface area contributed by atoms with Gasteiger partial charge >= 0.3 is 0 Å². The summed E-state index contributed by atoms with van der Waals surface area (Å²) >= 11 is 0. The summed E-state index contributed by atoms with van der Waals surface area (Å²) < 4.78 is 14.6. The molecule has 0 saturated heterocycles. The maximum Gasteiger partial charge on any atom is 0.0701 e. The molecular weight excluding hydrogens is 168 g/mol. The second-order valence-corrected chi connectivity index (χ2v) is 2.45. The molecule has 0 rings (SSSR count). The average molecular weight is 191 g/mol. The van der Waals surface area contributed by atoms with E-state index in [-0.39, 0.29) is 0 Å². The minimum absolute atomic E-state index is 0.653. The number of hydrogen-bond acceptors (Lipinski definition) is 3. The number of unbranched alkanes of at least 4 members (excludes halogenated alkanes) is 1. The maximum atomic E-state index is 5.06. The van der Waals surface area contributed by atoms with Crippen molar-refractivity contribution in [1.82, 2.24) is 0 Å². The summed E-state index contributed by atoms with van der Waals surface area (Å²) in [5.41, 5.74) is 0. The first-order valence-electron chi connectivity index (χ1n) is 4.68. The van der Waals surface area contributed by atoms with Gasteiger partial charge in [-0.1, -0.05) is 26.7 Å². The van der Waals surface area contributed by atoms with Gasteiger partial charge < -0.3 is 14.2 Å². The molecule has 0 saturated carbocycles. The van der Waals surface area contributed by atoms with Gasteiger partial charge in [0.2, 0.25) is 0 Å². The Morgan fingerprint density at radius 2 is 1.31 bits per heavy atom. The van der Waals surface area contributed by atoms with Crippen LogP contribution in [0.1, 0.15) is 19.8 Å². The molecule has 0 spiro atoms. The normalized spacial score (nSPS) is 9.23. The molecule has 0 aliphatic carbocycles. The largest absolute Gasteiger partial charge is 0.382 e.